The Hall–Kier alpha value is -8.50. The molecular formula is C60H50N10. The smallest absolute Gasteiger partial charge is 0.0717 e. The monoisotopic (exact) mass is 910 g/mol. The summed E-state index contributed by atoms with van der Waals surface area (Å²) in [5.74, 6) is 0.212. The highest BCUT2D eigenvalue weighted by Gasteiger charge is 2.35. The summed E-state index contributed by atoms with van der Waals surface area (Å²) in [5.41, 5.74) is 14.6. The summed E-state index contributed by atoms with van der Waals surface area (Å²) in [5, 5.41) is 0. The third kappa shape index (κ3) is 10.2. The van der Waals surface area contributed by atoms with Gasteiger partial charge in [-0.2, -0.15) is 0 Å². The number of hydrogen-bond acceptors (Lipinski definition) is 10. The van der Waals surface area contributed by atoms with Gasteiger partial charge in [-0.3, -0.25) is 49.8 Å². The predicted octanol–water partition coefficient (Wildman–Crippen LogP) is 13.2. The van der Waals surface area contributed by atoms with E-state index < -0.39 is 0 Å². The van der Waals surface area contributed by atoms with Crippen LogP contribution in [0.25, 0.3) is 56.3 Å². The fraction of sp³-hybridized carbons (Fsp3) is 0.167. The minimum atomic E-state index is 0.0423. The molecule has 0 radical (unpaired) electrons. The molecule has 0 saturated heterocycles. The minimum absolute atomic E-state index is 0.0423. The third-order valence-corrected chi connectivity index (χ3v) is 13.7. The van der Waals surface area contributed by atoms with Crippen LogP contribution in [-0.2, 0) is 0 Å². The molecule has 0 aromatic carbocycles. The van der Waals surface area contributed by atoms with Crippen molar-refractivity contribution in [3.8, 4) is 56.3 Å². The molecular weight excluding hydrogens is 861 g/mol. The quantitative estimate of drug-likeness (QED) is 0.131. The lowest BCUT2D eigenvalue weighted by Crippen LogP contribution is -2.21. The van der Waals surface area contributed by atoms with Gasteiger partial charge in [0.25, 0.3) is 0 Å². The number of hydrogen-bond donors (Lipinski definition) is 0. The lowest BCUT2D eigenvalue weighted by molar-refractivity contribution is 0.339. The van der Waals surface area contributed by atoms with E-state index in [1.54, 1.807) is 0 Å². The topological polar surface area (TPSA) is 129 Å². The van der Waals surface area contributed by atoms with Gasteiger partial charge in [0.15, 0.2) is 0 Å². The van der Waals surface area contributed by atoms with Crippen LogP contribution in [0.2, 0.25) is 0 Å². The SMILES string of the molecule is c1ccc(-c2ccc(C3CC(c4ccc(-c5ccccn5)cn4)CC(c4ccc(-c5ccccn5)cn4)CC(c4ccc(-c5ccccn5)cn4)CC(c4ccc(-c5ccccn5)cn4)C3)nc2)nc1. The molecule has 1 saturated carbocycles. The summed E-state index contributed by atoms with van der Waals surface area (Å²) in [7, 11) is 0. The molecule has 0 atom stereocenters. The van der Waals surface area contributed by atoms with Gasteiger partial charge in [-0.25, -0.2) is 0 Å². The zero-order valence-electron chi connectivity index (χ0n) is 38.6. The lowest BCUT2D eigenvalue weighted by atomic mass is 9.71. The Labute approximate surface area is 408 Å². The van der Waals surface area contributed by atoms with Crippen LogP contribution in [-0.4, -0.2) is 49.8 Å². The van der Waals surface area contributed by atoms with Gasteiger partial charge in [0.2, 0.25) is 0 Å². The van der Waals surface area contributed by atoms with Crippen LogP contribution in [0.15, 0.2) is 214 Å². The summed E-state index contributed by atoms with van der Waals surface area (Å²) < 4.78 is 0. The molecule has 0 aliphatic heterocycles. The summed E-state index contributed by atoms with van der Waals surface area (Å²) in [4.78, 5) is 49.5. The molecule has 10 heteroatoms. The third-order valence-electron chi connectivity index (χ3n) is 13.7. The Morgan fingerprint density at radius 3 is 0.557 bits per heavy atom. The van der Waals surface area contributed by atoms with E-state index in [2.05, 4.69) is 85.6 Å². The number of nitrogens with zero attached hydrogens (tertiary/aromatic N) is 10. The summed E-state index contributed by atoms with van der Waals surface area (Å²) >= 11 is 0. The van der Waals surface area contributed by atoms with Gasteiger partial charge in [0, 0.05) is 148 Å². The number of pyridine rings is 10. The van der Waals surface area contributed by atoms with Crippen LogP contribution in [0.5, 0.6) is 0 Å². The average molecular weight is 911 g/mol. The minimum Gasteiger partial charge on any atom is -0.260 e. The summed E-state index contributed by atoms with van der Waals surface area (Å²) in [6.07, 6.45) is 23.1. The molecule has 340 valence electrons. The normalized spacial score (nSPS) is 18.4. The molecule has 10 nitrogen and oxygen atoms in total. The molecule has 70 heavy (non-hydrogen) atoms. The largest absolute Gasteiger partial charge is 0.260 e. The highest BCUT2D eigenvalue weighted by Crippen LogP contribution is 2.48. The number of aromatic nitrogens is 10. The van der Waals surface area contributed by atoms with E-state index in [0.29, 0.717) is 0 Å². The molecule has 10 aromatic heterocycles. The second kappa shape index (κ2) is 20.8. The standard InChI is InChI=1S/C60H50N10/c1-6-26-61-51(11-1)41-16-21-56(66-36-41)46-31-47(57-22-17-42(37-67-57)52-12-2-7-27-62-52)33-49(59-24-19-44(39-69-59)54-14-4-9-29-64-54)35-50(60-25-20-45(40-70-60)55-15-5-10-30-65-55)34-48(32-46)58-23-18-43(38-68-58)53-13-3-8-28-63-53/h1-30,36-40,46-50H,31-35H2. The Balaban J connectivity index is 1.05. The molecule has 10 aromatic rings. The maximum Gasteiger partial charge on any atom is 0.0717 e. The number of rotatable bonds is 10. The fourth-order valence-corrected chi connectivity index (χ4v) is 10.1. The van der Waals surface area contributed by atoms with Gasteiger partial charge in [0.05, 0.1) is 28.5 Å². The van der Waals surface area contributed by atoms with Crippen molar-refractivity contribution in [2.24, 2.45) is 0 Å². The Morgan fingerprint density at radius 2 is 0.414 bits per heavy atom. The van der Waals surface area contributed by atoms with Crippen molar-refractivity contribution in [3.63, 3.8) is 0 Å². The molecule has 0 unspecified atom stereocenters. The molecule has 11 rings (SSSR count). The Bertz CT molecular complexity index is 2670. The summed E-state index contributed by atoms with van der Waals surface area (Å²) in [6, 6.07) is 51.8. The van der Waals surface area contributed by atoms with Gasteiger partial charge in [-0.1, -0.05) is 30.3 Å². The molecule has 1 aliphatic carbocycles. The van der Waals surface area contributed by atoms with E-state index in [1.165, 1.54) is 0 Å². The Morgan fingerprint density at radius 1 is 0.214 bits per heavy atom. The zero-order valence-corrected chi connectivity index (χ0v) is 38.6. The van der Waals surface area contributed by atoms with Crippen molar-refractivity contribution in [1.82, 2.24) is 49.8 Å². The van der Waals surface area contributed by atoms with Crippen molar-refractivity contribution < 1.29 is 0 Å². The highest BCUT2D eigenvalue weighted by atomic mass is 14.8. The predicted molar refractivity (Wildman–Crippen MR) is 274 cm³/mol. The van der Waals surface area contributed by atoms with Gasteiger partial charge in [-0.05, 0) is 153 Å². The van der Waals surface area contributed by atoms with Crippen molar-refractivity contribution in [1.29, 1.82) is 0 Å². The van der Waals surface area contributed by atoms with Crippen LogP contribution >= 0.6 is 0 Å². The first-order valence-electron chi connectivity index (χ1n) is 24.0. The van der Waals surface area contributed by atoms with Gasteiger partial charge in [-0.15, -0.1) is 0 Å². The Kier molecular flexibility index (Phi) is 13.1. The molecule has 1 fully saturated rings. The molecule has 0 N–H and O–H groups in total. The van der Waals surface area contributed by atoms with Crippen molar-refractivity contribution in [2.75, 3.05) is 0 Å². The van der Waals surface area contributed by atoms with Crippen LogP contribution in [0.1, 0.15) is 90.2 Å². The first-order chi connectivity index (χ1) is 34.7. The van der Waals surface area contributed by atoms with Crippen LogP contribution in [0.3, 0.4) is 0 Å². The maximum atomic E-state index is 5.27. The molecule has 0 amide bonds. The maximum absolute atomic E-state index is 5.27. The van der Waals surface area contributed by atoms with E-state index in [0.717, 1.165) is 117 Å². The first kappa shape index (κ1) is 44.0. The van der Waals surface area contributed by atoms with Crippen LogP contribution in [0.4, 0.5) is 0 Å². The second-order valence-corrected chi connectivity index (χ2v) is 18.1. The van der Waals surface area contributed by atoms with Crippen molar-refractivity contribution >= 4 is 0 Å². The van der Waals surface area contributed by atoms with E-state index in [1.807, 2.05) is 153 Å². The summed E-state index contributed by atoms with van der Waals surface area (Å²) in [6.45, 7) is 0. The van der Waals surface area contributed by atoms with E-state index in [9.17, 15) is 0 Å². The highest BCUT2D eigenvalue weighted by molar-refractivity contribution is 5.61. The van der Waals surface area contributed by atoms with E-state index >= 15 is 0 Å². The van der Waals surface area contributed by atoms with Gasteiger partial charge >= 0.3 is 0 Å². The van der Waals surface area contributed by atoms with E-state index in [-0.39, 0.29) is 29.6 Å². The molecule has 0 spiro atoms. The first-order valence-corrected chi connectivity index (χ1v) is 24.0. The average Bonchev–Trinajstić information content (AvgIpc) is 3.45. The van der Waals surface area contributed by atoms with Crippen LogP contribution < -0.4 is 0 Å². The van der Waals surface area contributed by atoms with Gasteiger partial charge < -0.3 is 0 Å². The van der Waals surface area contributed by atoms with Crippen molar-refractivity contribution in [2.45, 2.75) is 61.7 Å². The molecule has 1 aliphatic rings. The van der Waals surface area contributed by atoms with Crippen LogP contribution in [0, 0.1) is 0 Å². The lowest BCUT2D eigenvalue weighted by Gasteiger charge is -2.34. The van der Waals surface area contributed by atoms with E-state index in [4.69, 9.17) is 24.9 Å². The second-order valence-electron chi connectivity index (χ2n) is 18.1. The fourth-order valence-electron chi connectivity index (χ4n) is 10.1. The molecule has 10 heterocycles. The van der Waals surface area contributed by atoms with Crippen molar-refractivity contribution in [3.05, 3.63) is 242 Å². The van der Waals surface area contributed by atoms with Gasteiger partial charge in [0.1, 0.15) is 0 Å². The zero-order chi connectivity index (χ0) is 46.9. The molecule has 0 bridgehead atoms.